The molecule has 2 nitrogen and oxygen atoms in total. The van der Waals surface area contributed by atoms with Gasteiger partial charge in [0, 0.05) is 5.56 Å². The second kappa shape index (κ2) is 7.69. The molecular weight excluding hydrogens is 421 g/mol. The predicted molar refractivity (Wildman–Crippen MR) is 103 cm³/mol. The molecule has 9 heteroatoms. The van der Waals surface area contributed by atoms with Crippen LogP contribution < -0.4 is 0 Å². The van der Waals surface area contributed by atoms with Gasteiger partial charge in [-0.3, -0.25) is 0 Å². The molecule has 1 heterocycles. The molecule has 0 aliphatic heterocycles. The van der Waals surface area contributed by atoms with Gasteiger partial charge in [-0.05, 0) is 28.8 Å². The summed E-state index contributed by atoms with van der Waals surface area (Å²) >= 11 is 3.42. The van der Waals surface area contributed by atoms with Crippen LogP contribution in [0.2, 0.25) is 0 Å². The molecule has 26 heavy (non-hydrogen) atoms. The summed E-state index contributed by atoms with van der Waals surface area (Å²) in [7, 11) is 2.74. The van der Waals surface area contributed by atoms with E-state index in [-0.39, 0.29) is 5.75 Å². The third-order valence-electron chi connectivity index (χ3n) is 3.62. The largest absolute Gasteiger partial charge is 0.416 e. The first kappa shape index (κ1) is 19.4. The van der Waals surface area contributed by atoms with Gasteiger partial charge in [0.1, 0.15) is 3.82 Å². The molecule has 0 saturated carbocycles. The summed E-state index contributed by atoms with van der Waals surface area (Å²) in [6.45, 7) is 0. The molecular formula is C17H11F3O2S4. The minimum absolute atomic E-state index is 0.0279. The molecule has 136 valence electrons. The molecule has 0 fully saturated rings. The maximum absolute atomic E-state index is 13.0. The lowest BCUT2D eigenvalue weighted by Crippen LogP contribution is -2.04. The summed E-state index contributed by atoms with van der Waals surface area (Å²) in [5.41, 5.74) is 1.83. The third kappa shape index (κ3) is 4.29. The molecule has 0 radical (unpaired) electrons. The van der Waals surface area contributed by atoms with Crippen molar-refractivity contribution in [3.05, 3.63) is 63.5 Å². The number of hydrogen-bond acceptors (Lipinski definition) is 4. The van der Waals surface area contributed by atoms with Gasteiger partial charge in [0.05, 0.1) is 16.2 Å². The maximum atomic E-state index is 13.0. The van der Waals surface area contributed by atoms with Gasteiger partial charge in [0.15, 0.2) is 11.1 Å². The molecule has 1 unspecified atom stereocenters. The summed E-state index contributed by atoms with van der Waals surface area (Å²) in [4.78, 5) is 0.788. The van der Waals surface area contributed by atoms with E-state index in [2.05, 4.69) is 0 Å². The van der Waals surface area contributed by atoms with Crippen molar-refractivity contribution in [1.29, 1.82) is 0 Å². The predicted octanol–water partition coefficient (Wildman–Crippen LogP) is 6.61. The number of halogens is 3. The second-order valence-corrected chi connectivity index (χ2v) is 9.15. The Morgan fingerprint density at radius 1 is 1.04 bits per heavy atom. The van der Waals surface area contributed by atoms with Crippen LogP contribution in [0.15, 0.2) is 48.5 Å². The minimum Gasteiger partial charge on any atom is -0.306 e. The molecule has 1 aromatic heterocycles. The quantitative estimate of drug-likeness (QED) is 0.286. The fraction of sp³-hybridized carbons (Fsp3) is 0.118. The highest BCUT2D eigenvalue weighted by Crippen LogP contribution is 2.42. The Labute approximate surface area is 162 Å². The first-order chi connectivity index (χ1) is 12.3. The van der Waals surface area contributed by atoms with E-state index < -0.39 is 22.8 Å². The Kier molecular flexibility index (Phi) is 5.73. The molecule has 0 saturated heterocycles. The van der Waals surface area contributed by atoms with Crippen LogP contribution in [0.3, 0.4) is 0 Å². The molecule has 0 aliphatic rings. The van der Waals surface area contributed by atoms with Gasteiger partial charge >= 0.3 is 6.18 Å². The Bertz CT molecular complexity index is 1000. The number of benzene rings is 2. The molecule has 1 N–H and O–H groups in total. The summed E-state index contributed by atoms with van der Waals surface area (Å²) < 4.78 is 59.4. The van der Waals surface area contributed by atoms with Crippen molar-refractivity contribution in [2.45, 2.75) is 11.9 Å². The summed E-state index contributed by atoms with van der Waals surface area (Å²) in [6.07, 6.45) is -4.42. The molecule has 0 aliphatic carbocycles. The Hall–Kier alpha value is -1.39. The van der Waals surface area contributed by atoms with Crippen LogP contribution >= 0.6 is 32.9 Å². The summed E-state index contributed by atoms with van der Waals surface area (Å²) in [6, 6.07) is 12.2. The monoisotopic (exact) mass is 432 g/mol. The van der Waals surface area contributed by atoms with E-state index in [1.807, 2.05) is 0 Å². The lowest BCUT2D eigenvalue weighted by molar-refractivity contribution is -0.137. The Balaban J connectivity index is 2.05. The van der Waals surface area contributed by atoms with Crippen LogP contribution in [-0.2, 0) is 23.0 Å². The second-order valence-electron chi connectivity index (χ2n) is 5.40. The van der Waals surface area contributed by atoms with Crippen molar-refractivity contribution in [3.8, 4) is 21.6 Å². The molecule has 0 amide bonds. The zero-order valence-electron chi connectivity index (χ0n) is 12.9. The molecule has 0 bridgehead atoms. The highest BCUT2D eigenvalue weighted by atomic mass is 32.9. The topological polar surface area (TPSA) is 37.3 Å². The average molecular weight is 433 g/mol. The first-order valence-electron chi connectivity index (χ1n) is 7.23. The maximum Gasteiger partial charge on any atom is 0.416 e. The highest BCUT2D eigenvalue weighted by Gasteiger charge is 2.30. The van der Waals surface area contributed by atoms with Crippen LogP contribution in [0.1, 0.15) is 11.1 Å². The molecule has 1 atom stereocenters. The van der Waals surface area contributed by atoms with Gasteiger partial charge in [-0.2, -0.15) is 13.2 Å². The van der Waals surface area contributed by atoms with E-state index >= 15 is 0 Å². The van der Waals surface area contributed by atoms with E-state index in [0.29, 0.717) is 20.5 Å². The van der Waals surface area contributed by atoms with Gasteiger partial charge in [-0.15, -0.1) is 0 Å². The van der Waals surface area contributed by atoms with Gasteiger partial charge in [0.25, 0.3) is 0 Å². The highest BCUT2D eigenvalue weighted by molar-refractivity contribution is 7.80. The molecule has 2 aromatic carbocycles. The SMILES string of the molecule is O=S(O)Cc1ccc(-c2ssc(=S)c2-c2cccc(C(F)(F)F)c2)cc1. The van der Waals surface area contributed by atoms with E-state index in [0.717, 1.165) is 22.6 Å². The zero-order chi connectivity index (χ0) is 18.9. The van der Waals surface area contributed by atoms with Crippen molar-refractivity contribution in [1.82, 2.24) is 0 Å². The zero-order valence-corrected chi connectivity index (χ0v) is 16.2. The van der Waals surface area contributed by atoms with Gasteiger partial charge < -0.3 is 4.55 Å². The number of hydrogen-bond donors (Lipinski definition) is 1. The molecule has 3 rings (SSSR count). The molecule has 3 aromatic rings. The number of alkyl halides is 3. The van der Waals surface area contributed by atoms with E-state index in [9.17, 15) is 17.4 Å². The van der Waals surface area contributed by atoms with Crippen molar-refractivity contribution in [2.24, 2.45) is 0 Å². The van der Waals surface area contributed by atoms with E-state index in [1.165, 1.54) is 26.7 Å². The van der Waals surface area contributed by atoms with Crippen LogP contribution in [0.25, 0.3) is 21.6 Å². The van der Waals surface area contributed by atoms with E-state index in [1.54, 1.807) is 30.3 Å². The fourth-order valence-corrected chi connectivity index (χ4v) is 5.84. The van der Waals surface area contributed by atoms with Crippen molar-refractivity contribution in [3.63, 3.8) is 0 Å². The third-order valence-corrected chi connectivity index (χ3v) is 7.26. The van der Waals surface area contributed by atoms with Crippen LogP contribution in [0.4, 0.5) is 13.2 Å². The normalized spacial score (nSPS) is 12.9. The number of rotatable bonds is 4. The average Bonchev–Trinajstić information content (AvgIpc) is 2.96. The van der Waals surface area contributed by atoms with Gasteiger partial charge in [-0.25, -0.2) is 4.21 Å². The van der Waals surface area contributed by atoms with Crippen LogP contribution in [0.5, 0.6) is 0 Å². The first-order valence-corrected chi connectivity index (χ1v) is 11.1. The molecule has 0 spiro atoms. The van der Waals surface area contributed by atoms with Gasteiger partial charge in [0.2, 0.25) is 0 Å². The van der Waals surface area contributed by atoms with Crippen molar-refractivity contribution < 1.29 is 21.9 Å². The van der Waals surface area contributed by atoms with E-state index in [4.69, 9.17) is 16.8 Å². The lowest BCUT2D eigenvalue weighted by Gasteiger charge is -2.09. The van der Waals surface area contributed by atoms with Crippen LogP contribution in [0, 0.1) is 3.82 Å². The Morgan fingerprint density at radius 2 is 1.73 bits per heavy atom. The smallest absolute Gasteiger partial charge is 0.306 e. The lowest BCUT2D eigenvalue weighted by atomic mass is 10.0. The van der Waals surface area contributed by atoms with Crippen LogP contribution in [-0.4, -0.2) is 8.76 Å². The minimum atomic E-state index is -4.42. The van der Waals surface area contributed by atoms with Gasteiger partial charge in [-0.1, -0.05) is 69.3 Å². The van der Waals surface area contributed by atoms with Crippen molar-refractivity contribution in [2.75, 3.05) is 0 Å². The Morgan fingerprint density at radius 3 is 2.35 bits per heavy atom. The van der Waals surface area contributed by atoms with Crippen molar-refractivity contribution >= 4 is 44.0 Å². The fourth-order valence-electron chi connectivity index (χ4n) is 2.44. The standard InChI is InChI=1S/C17H11F3O2S4/c18-17(19,20)13-3-1-2-12(8-13)14-15(24-25-16(14)23)11-6-4-10(5-7-11)9-26(21)22/h1-8H,9H2,(H,21,22). The summed E-state index contributed by atoms with van der Waals surface area (Å²) in [5.74, 6) is 0.0279. The summed E-state index contributed by atoms with van der Waals surface area (Å²) in [5, 5.41) is 0.